The molecule has 0 N–H and O–H groups in total. The monoisotopic (exact) mass is 216 g/mol. The van der Waals surface area contributed by atoms with Gasteiger partial charge in [-0.15, -0.1) is 0 Å². The fourth-order valence-electron chi connectivity index (χ4n) is 1.35. The Morgan fingerprint density at radius 2 is 2.00 bits per heavy atom. The highest BCUT2D eigenvalue weighted by atomic mass is 16.5. The molecule has 0 fully saturated rings. The van der Waals surface area contributed by atoms with Crippen LogP contribution in [0.4, 0.5) is 0 Å². The molecular formula is C13H12O3. The summed E-state index contributed by atoms with van der Waals surface area (Å²) >= 11 is 0. The average molecular weight is 216 g/mol. The first kappa shape index (κ1) is 10.5. The second-order valence-electron chi connectivity index (χ2n) is 3.35. The number of carbonyl (C=O) groups is 1. The summed E-state index contributed by atoms with van der Waals surface area (Å²) in [5, 5.41) is 0. The highest BCUT2D eigenvalue weighted by Crippen LogP contribution is 2.10. The highest BCUT2D eigenvalue weighted by molar-refractivity contribution is 5.95. The van der Waals surface area contributed by atoms with Gasteiger partial charge in [-0.05, 0) is 18.2 Å². The number of hydrogen-bond donors (Lipinski definition) is 0. The molecule has 1 heterocycles. The minimum Gasteiger partial charge on any atom is -0.493 e. The number of furan rings is 1. The van der Waals surface area contributed by atoms with E-state index in [1.807, 2.05) is 30.3 Å². The fourth-order valence-corrected chi connectivity index (χ4v) is 1.35. The van der Waals surface area contributed by atoms with Crippen molar-refractivity contribution in [2.75, 3.05) is 6.61 Å². The van der Waals surface area contributed by atoms with Crippen molar-refractivity contribution >= 4 is 5.78 Å². The molecule has 0 bridgehead atoms. The van der Waals surface area contributed by atoms with Gasteiger partial charge < -0.3 is 9.15 Å². The lowest BCUT2D eigenvalue weighted by molar-refractivity contribution is 0.0961. The summed E-state index contributed by atoms with van der Waals surface area (Å²) in [7, 11) is 0. The summed E-state index contributed by atoms with van der Waals surface area (Å²) in [5.41, 5.74) is 0.594. The van der Waals surface area contributed by atoms with E-state index in [2.05, 4.69) is 0 Å². The minimum atomic E-state index is 0.0321. The summed E-state index contributed by atoms with van der Waals surface area (Å²) in [6.45, 7) is 0.383. The predicted octanol–water partition coefficient (Wildman–Crippen LogP) is 2.93. The molecule has 0 unspecified atom stereocenters. The Kier molecular flexibility index (Phi) is 3.38. The smallest absolute Gasteiger partial charge is 0.169 e. The molecular weight excluding hydrogens is 204 g/mol. The summed E-state index contributed by atoms with van der Waals surface area (Å²) in [6.07, 6.45) is 3.30. The molecule has 0 saturated heterocycles. The van der Waals surface area contributed by atoms with Crippen LogP contribution in [0.2, 0.25) is 0 Å². The van der Waals surface area contributed by atoms with Crippen LogP contribution in [-0.4, -0.2) is 12.4 Å². The predicted molar refractivity (Wildman–Crippen MR) is 59.6 cm³/mol. The number of ether oxygens (including phenoxy) is 1. The molecule has 0 aliphatic rings. The molecule has 1 aromatic carbocycles. The maximum absolute atomic E-state index is 11.6. The van der Waals surface area contributed by atoms with Gasteiger partial charge in [0.2, 0.25) is 0 Å². The summed E-state index contributed by atoms with van der Waals surface area (Å²) in [5.74, 6) is 0.812. The van der Waals surface area contributed by atoms with Crippen LogP contribution < -0.4 is 4.74 Å². The van der Waals surface area contributed by atoms with Crippen molar-refractivity contribution in [1.82, 2.24) is 0 Å². The van der Waals surface area contributed by atoms with Crippen molar-refractivity contribution < 1.29 is 13.9 Å². The van der Waals surface area contributed by atoms with E-state index in [-0.39, 0.29) is 5.78 Å². The van der Waals surface area contributed by atoms with Crippen molar-refractivity contribution in [2.24, 2.45) is 0 Å². The van der Waals surface area contributed by atoms with Crippen LogP contribution >= 0.6 is 0 Å². The quantitative estimate of drug-likeness (QED) is 0.721. The molecule has 0 atom stereocenters. The third kappa shape index (κ3) is 2.73. The number of Topliss-reactive ketones (excluding diaryl/α,β-unsaturated/α-hetero) is 1. The van der Waals surface area contributed by atoms with Crippen LogP contribution in [-0.2, 0) is 0 Å². The van der Waals surface area contributed by atoms with Crippen molar-refractivity contribution in [1.29, 1.82) is 0 Å². The van der Waals surface area contributed by atoms with E-state index in [0.717, 1.165) is 5.75 Å². The van der Waals surface area contributed by atoms with Crippen LogP contribution in [0.5, 0.6) is 5.75 Å². The van der Waals surface area contributed by atoms with E-state index < -0.39 is 0 Å². The SMILES string of the molecule is O=C(CCOc1ccccc1)c1ccoc1. The zero-order chi connectivity index (χ0) is 11.2. The van der Waals surface area contributed by atoms with Gasteiger partial charge in [0.25, 0.3) is 0 Å². The summed E-state index contributed by atoms with van der Waals surface area (Å²) in [4.78, 5) is 11.6. The van der Waals surface area contributed by atoms with Gasteiger partial charge in [0.05, 0.1) is 18.4 Å². The van der Waals surface area contributed by atoms with Crippen LogP contribution in [0.25, 0.3) is 0 Å². The molecule has 3 nitrogen and oxygen atoms in total. The van der Waals surface area contributed by atoms with Gasteiger partial charge in [0, 0.05) is 6.42 Å². The Labute approximate surface area is 93.7 Å². The number of carbonyl (C=O) groups excluding carboxylic acids is 1. The standard InChI is InChI=1S/C13H12O3/c14-13(11-6-8-15-10-11)7-9-16-12-4-2-1-3-5-12/h1-6,8,10H,7,9H2. The average Bonchev–Trinajstić information content (AvgIpc) is 2.84. The Balaban J connectivity index is 1.79. The zero-order valence-electron chi connectivity index (χ0n) is 8.76. The number of hydrogen-bond acceptors (Lipinski definition) is 3. The van der Waals surface area contributed by atoms with Gasteiger partial charge in [0.15, 0.2) is 5.78 Å². The van der Waals surface area contributed by atoms with Crippen molar-refractivity contribution in [3.8, 4) is 5.75 Å². The van der Waals surface area contributed by atoms with Crippen molar-refractivity contribution in [3.63, 3.8) is 0 Å². The molecule has 1 aromatic heterocycles. The van der Waals surface area contributed by atoms with Gasteiger partial charge in [-0.2, -0.15) is 0 Å². The van der Waals surface area contributed by atoms with E-state index in [9.17, 15) is 4.79 Å². The first-order valence-electron chi connectivity index (χ1n) is 5.09. The molecule has 0 spiro atoms. The van der Waals surface area contributed by atoms with Gasteiger partial charge in [0.1, 0.15) is 12.0 Å². The fraction of sp³-hybridized carbons (Fsp3) is 0.154. The second kappa shape index (κ2) is 5.16. The van der Waals surface area contributed by atoms with Crippen LogP contribution in [0.15, 0.2) is 53.3 Å². The van der Waals surface area contributed by atoms with Gasteiger partial charge >= 0.3 is 0 Å². The number of rotatable bonds is 5. The van der Waals surface area contributed by atoms with E-state index in [4.69, 9.17) is 9.15 Å². The molecule has 82 valence electrons. The lowest BCUT2D eigenvalue weighted by Gasteiger charge is -2.04. The summed E-state index contributed by atoms with van der Waals surface area (Å²) in [6, 6.07) is 11.1. The Morgan fingerprint density at radius 1 is 1.19 bits per heavy atom. The second-order valence-corrected chi connectivity index (χ2v) is 3.35. The van der Waals surface area contributed by atoms with Crippen molar-refractivity contribution in [3.05, 3.63) is 54.5 Å². The van der Waals surface area contributed by atoms with Crippen LogP contribution in [0.1, 0.15) is 16.8 Å². The first-order chi connectivity index (χ1) is 7.86. The van der Waals surface area contributed by atoms with E-state index in [0.29, 0.717) is 18.6 Å². The largest absolute Gasteiger partial charge is 0.493 e. The Morgan fingerprint density at radius 3 is 2.69 bits per heavy atom. The molecule has 2 aromatic rings. The maximum atomic E-state index is 11.6. The number of ketones is 1. The molecule has 2 rings (SSSR count). The third-order valence-electron chi connectivity index (χ3n) is 2.18. The maximum Gasteiger partial charge on any atom is 0.169 e. The topological polar surface area (TPSA) is 39.4 Å². The highest BCUT2D eigenvalue weighted by Gasteiger charge is 2.06. The molecule has 3 heteroatoms. The number of para-hydroxylation sites is 1. The van der Waals surface area contributed by atoms with Gasteiger partial charge in [-0.25, -0.2) is 0 Å². The first-order valence-corrected chi connectivity index (χ1v) is 5.09. The lowest BCUT2D eigenvalue weighted by Crippen LogP contribution is -2.05. The van der Waals surface area contributed by atoms with Gasteiger partial charge in [-0.3, -0.25) is 4.79 Å². The Hall–Kier alpha value is -2.03. The lowest BCUT2D eigenvalue weighted by atomic mass is 10.2. The zero-order valence-corrected chi connectivity index (χ0v) is 8.76. The molecule has 0 amide bonds. The number of benzene rings is 1. The third-order valence-corrected chi connectivity index (χ3v) is 2.18. The molecule has 0 aliphatic heterocycles. The molecule has 16 heavy (non-hydrogen) atoms. The minimum absolute atomic E-state index is 0.0321. The molecule has 0 radical (unpaired) electrons. The van der Waals surface area contributed by atoms with Gasteiger partial charge in [-0.1, -0.05) is 18.2 Å². The van der Waals surface area contributed by atoms with E-state index >= 15 is 0 Å². The normalized spacial score (nSPS) is 10.0. The van der Waals surface area contributed by atoms with Crippen molar-refractivity contribution in [2.45, 2.75) is 6.42 Å². The van der Waals surface area contributed by atoms with Crippen LogP contribution in [0.3, 0.4) is 0 Å². The van der Waals surface area contributed by atoms with E-state index in [1.165, 1.54) is 12.5 Å². The molecule has 0 aliphatic carbocycles. The van der Waals surface area contributed by atoms with E-state index in [1.54, 1.807) is 6.07 Å². The van der Waals surface area contributed by atoms with Crippen LogP contribution in [0, 0.1) is 0 Å². The Bertz CT molecular complexity index is 431. The molecule has 0 saturated carbocycles. The summed E-state index contributed by atoms with van der Waals surface area (Å²) < 4.78 is 10.3.